The predicted molar refractivity (Wildman–Crippen MR) is 174 cm³/mol. The number of esters is 1. The Kier molecular flexibility index (Phi) is 10.9. The molecule has 13 heteroatoms. The number of thioether (sulfide) groups is 1. The van der Waals surface area contributed by atoms with Crippen LogP contribution >= 0.6 is 11.8 Å². The van der Waals surface area contributed by atoms with Crippen molar-refractivity contribution in [2.45, 2.75) is 49.5 Å². The highest BCUT2D eigenvalue weighted by Gasteiger charge is 2.38. The standard InChI is InChI=1S/C36H34F6N2O4S/c1-21-25(18-26-27(36(40,41)42)13-8-14-28(26)37)34-44(33(46)31(21)23-11-7-12-24(17-23)35(2,38)39)29(20-49-34)32(22-9-5-4-6-10-22)43-15-16-48-19-30(45)47-3/h4-14,17,29,32,43H,15-16,18-20H2,1-3H3. The number of nitrogens with one attached hydrogen (secondary N) is 1. The number of fused-ring (bicyclic) bond motifs is 1. The van der Waals surface area contributed by atoms with E-state index in [-0.39, 0.29) is 42.0 Å². The van der Waals surface area contributed by atoms with Crippen molar-refractivity contribution in [3.63, 3.8) is 0 Å². The number of methoxy groups -OCH3 is 1. The number of carbonyl (C=O) groups is 1. The molecule has 2 atom stereocenters. The average molecular weight is 705 g/mol. The van der Waals surface area contributed by atoms with Gasteiger partial charge in [-0.15, -0.1) is 11.8 Å². The van der Waals surface area contributed by atoms with Gasteiger partial charge in [0.25, 0.3) is 11.5 Å². The summed E-state index contributed by atoms with van der Waals surface area (Å²) in [5, 5.41) is 3.76. The number of alkyl halides is 5. The van der Waals surface area contributed by atoms with Crippen molar-refractivity contribution < 1.29 is 40.6 Å². The summed E-state index contributed by atoms with van der Waals surface area (Å²) in [4.78, 5) is 26.1. The Balaban J connectivity index is 1.68. The topological polar surface area (TPSA) is 69.6 Å². The summed E-state index contributed by atoms with van der Waals surface area (Å²) >= 11 is 1.26. The lowest BCUT2D eigenvalue weighted by atomic mass is 9.91. The number of carbonyl (C=O) groups excluding carboxylic acids is 1. The van der Waals surface area contributed by atoms with Crippen molar-refractivity contribution in [2.75, 3.05) is 32.6 Å². The Labute approximate surface area is 283 Å². The van der Waals surface area contributed by atoms with Crippen LogP contribution in [0.4, 0.5) is 26.3 Å². The molecule has 0 amide bonds. The molecule has 49 heavy (non-hydrogen) atoms. The average Bonchev–Trinajstić information content (AvgIpc) is 3.50. The second-order valence-electron chi connectivity index (χ2n) is 11.7. The predicted octanol–water partition coefficient (Wildman–Crippen LogP) is 7.85. The van der Waals surface area contributed by atoms with Gasteiger partial charge in [-0.25, -0.2) is 18.0 Å². The second-order valence-corrected chi connectivity index (χ2v) is 12.7. The maximum Gasteiger partial charge on any atom is 0.416 e. The van der Waals surface area contributed by atoms with Crippen molar-refractivity contribution in [1.82, 2.24) is 9.88 Å². The van der Waals surface area contributed by atoms with E-state index in [0.717, 1.165) is 30.7 Å². The lowest BCUT2D eigenvalue weighted by molar-refractivity contribution is -0.145. The van der Waals surface area contributed by atoms with Gasteiger partial charge in [-0.2, -0.15) is 13.2 Å². The first-order valence-corrected chi connectivity index (χ1v) is 16.4. The molecule has 2 unspecified atom stereocenters. The largest absolute Gasteiger partial charge is 0.467 e. The zero-order chi connectivity index (χ0) is 35.5. The van der Waals surface area contributed by atoms with Crippen LogP contribution in [0.2, 0.25) is 0 Å². The van der Waals surface area contributed by atoms with Crippen LogP contribution in [0.3, 0.4) is 0 Å². The molecule has 2 heterocycles. The van der Waals surface area contributed by atoms with E-state index in [2.05, 4.69) is 10.1 Å². The third-order valence-electron chi connectivity index (χ3n) is 8.50. The molecular formula is C36H34F6N2O4S. The second kappa shape index (κ2) is 14.8. The normalized spacial score (nSPS) is 15.2. The number of rotatable bonds is 12. The van der Waals surface area contributed by atoms with Crippen molar-refractivity contribution in [3.05, 3.63) is 122 Å². The van der Waals surface area contributed by atoms with E-state index >= 15 is 4.39 Å². The minimum atomic E-state index is -4.85. The van der Waals surface area contributed by atoms with Gasteiger partial charge >= 0.3 is 12.1 Å². The van der Waals surface area contributed by atoms with E-state index in [0.29, 0.717) is 16.3 Å². The van der Waals surface area contributed by atoms with Crippen LogP contribution in [0.25, 0.3) is 11.1 Å². The molecule has 0 radical (unpaired) electrons. The lowest BCUT2D eigenvalue weighted by Crippen LogP contribution is -2.37. The zero-order valence-electron chi connectivity index (χ0n) is 26.9. The first-order chi connectivity index (χ1) is 23.2. The lowest BCUT2D eigenvalue weighted by Gasteiger charge is -2.28. The Morgan fingerprint density at radius 1 is 1.02 bits per heavy atom. The van der Waals surface area contributed by atoms with Crippen molar-refractivity contribution in [1.29, 1.82) is 0 Å². The third-order valence-corrected chi connectivity index (χ3v) is 9.72. The van der Waals surface area contributed by atoms with Crippen LogP contribution in [0.15, 0.2) is 82.6 Å². The Morgan fingerprint density at radius 3 is 2.41 bits per heavy atom. The molecule has 1 aliphatic heterocycles. The molecule has 1 aliphatic rings. The fourth-order valence-corrected chi connectivity index (χ4v) is 7.51. The van der Waals surface area contributed by atoms with Gasteiger partial charge in [-0.3, -0.25) is 9.36 Å². The molecule has 4 aromatic rings. The minimum absolute atomic E-state index is 0.0375. The van der Waals surface area contributed by atoms with Gasteiger partial charge in [0.2, 0.25) is 0 Å². The van der Waals surface area contributed by atoms with Gasteiger partial charge in [0.15, 0.2) is 0 Å². The SMILES string of the molecule is COC(=O)COCCNC(c1ccccc1)C1CSc2c(Cc3c(F)cccc3C(F)(F)F)c(C)c(-c3cccc(C(C)(F)F)c3)c(=O)n21. The monoisotopic (exact) mass is 704 g/mol. The van der Waals surface area contributed by atoms with Crippen molar-refractivity contribution in [2.24, 2.45) is 0 Å². The van der Waals surface area contributed by atoms with Crippen molar-refractivity contribution >= 4 is 17.7 Å². The minimum Gasteiger partial charge on any atom is -0.467 e. The quantitative estimate of drug-likeness (QED) is 0.0921. The number of nitrogens with zero attached hydrogens (tertiary/aromatic N) is 1. The molecule has 1 N–H and O–H groups in total. The molecule has 1 aromatic heterocycles. The van der Waals surface area contributed by atoms with E-state index in [4.69, 9.17) is 4.74 Å². The summed E-state index contributed by atoms with van der Waals surface area (Å²) in [6.07, 6.45) is -5.35. The Hall–Kier alpha value is -4.07. The van der Waals surface area contributed by atoms with E-state index in [1.165, 1.54) is 47.7 Å². The number of benzene rings is 3. The number of pyridine rings is 1. The summed E-state index contributed by atoms with van der Waals surface area (Å²) in [7, 11) is 1.24. The van der Waals surface area contributed by atoms with Crippen LogP contribution in [0.5, 0.6) is 0 Å². The number of hydrogen-bond donors (Lipinski definition) is 1. The number of hydrogen-bond acceptors (Lipinski definition) is 6. The maximum atomic E-state index is 15.2. The number of ether oxygens (including phenoxy) is 2. The molecule has 6 nitrogen and oxygen atoms in total. The molecule has 0 spiro atoms. The first kappa shape index (κ1) is 36.2. The zero-order valence-corrected chi connectivity index (χ0v) is 27.7. The highest BCUT2D eigenvalue weighted by molar-refractivity contribution is 7.99. The summed E-state index contributed by atoms with van der Waals surface area (Å²) in [5.41, 5.74) is -1.01. The van der Waals surface area contributed by atoms with Crippen LogP contribution in [-0.4, -0.2) is 43.2 Å². The Morgan fingerprint density at radius 2 is 1.73 bits per heavy atom. The maximum absolute atomic E-state index is 15.2. The molecule has 0 bridgehead atoms. The molecule has 0 saturated heterocycles. The summed E-state index contributed by atoms with van der Waals surface area (Å²) in [5.74, 6) is -4.51. The molecule has 3 aromatic carbocycles. The van der Waals surface area contributed by atoms with Gasteiger partial charge in [-0.05, 0) is 47.4 Å². The van der Waals surface area contributed by atoms with Gasteiger partial charge in [0.1, 0.15) is 12.4 Å². The van der Waals surface area contributed by atoms with E-state index < -0.39 is 59.1 Å². The van der Waals surface area contributed by atoms with Crippen LogP contribution < -0.4 is 10.9 Å². The van der Waals surface area contributed by atoms with Crippen LogP contribution in [0.1, 0.15) is 52.4 Å². The fraction of sp³-hybridized carbons (Fsp3) is 0.333. The summed E-state index contributed by atoms with van der Waals surface area (Å²) in [6.45, 7) is 2.40. The number of halogens is 6. The summed E-state index contributed by atoms with van der Waals surface area (Å²) < 4.78 is 98.0. The van der Waals surface area contributed by atoms with E-state index in [1.54, 1.807) is 6.92 Å². The molecule has 260 valence electrons. The summed E-state index contributed by atoms with van der Waals surface area (Å²) in [6, 6.07) is 16.1. The van der Waals surface area contributed by atoms with E-state index in [9.17, 15) is 31.5 Å². The van der Waals surface area contributed by atoms with Gasteiger partial charge in [-0.1, -0.05) is 54.6 Å². The Bertz CT molecular complexity index is 1870. The highest BCUT2D eigenvalue weighted by atomic mass is 32.2. The number of aromatic nitrogens is 1. The van der Waals surface area contributed by atoms with Crippen LogP contribution in [0, 0.1) is 12.7 Å². The van der Waals surface area contributed by atoms with E-state index in [1.807, 2.05) is 30.3 Å². The molecular weight excluding hydrogens is 670 g/mol. The van der Waals surface area contributed by atoms with Gasteiger partial charge in [0, 0.05) is 36.8 Å². The molecule has 0 aliphatic carbocycles. The van der Waals surface area contributed by atoms with Gasteiger partial charge in [0.05, 0.1) is 42.0 Å². The first-order valence-electron chi connectivity index (χ1n) is 15.4. The highest BCUT2D eigenvalue weighted by Crippen LogP contribution is 2.45. The van der Waals surface area contributed by atoms with Crippen molar-refractivity contribution in [3.8, 4) is 11.1 Å². The van der Waals surface area contributed by atoms with Gasteiger partial charge < -0.3 is 14.8 Å². The smallest absolute Gasteiger partial charge is 0.416 e. The molecule has 0 fully saturated rings. The molecule has 0 saturated carbocycles. The fourth-order valence-electron chi connectivity index (χ4n) is 6.09. The van der Waals surface area contributed by atoms with Crippen LogP contribution in [-0.2, 0) is 32.8 Å². The molecule has 5 rings (SSSR count). The third kappa shape index (κ3) is 7.89.